The van der Waals surface area contributed by atoms with Gasteiger partial charge in [0.05, 0.1) is 12.9 Å². The number of benzene rings is 1. The number of rotatable bonds is 6. The van der Waals surface area contributed by atoms with E-state index in [1.807, 2.05) is 29.0 Å². The number of nitrogens with one attached hydrogen (secondary N) is 1. The summed E-state index contributed by atoms with van der Waals surface area (Å²) in [6, 6.07) is 7.98. The fourth-order valence-electron chi connectivity index (χ4n) is 3.26. The summed E-state index contributed by atoms with van der Waals surface area (Å²) in [5.74, 6) is -0.0124. The minimum Gasteiger partial charge on any atom is -0.383 e. The smallest absolute Gasteiger partial charge is 0.220 e. The number of hydrogen-bond donors (Lipinski definition) is 2. The minimum absolute atomic E-state index is 0.0124. The van der Waals surface area contributed by atoms with Crippen LogP contribution in [-0.2, 0) is 23.4 Å². The van der Waals surface area contributed by atoms with E-state index in [4.69, 9.17) is 0 Å². The highest BCUT2D eigenvalue weighted by Gasteiger charge is 2.34. The Labute approximate surface area is 136 Å². The fraction of sp³-hybridized carbons (Fsp3) is 0.444. The second-order valence-corrected chi connectivity index (χ2v) is 6.22. The molecular formula is C18H23N3O2. The number of aliphatic hydroxyl groups is 1. The first-order valence-corrected chi connectivity index (χ1v) is 8.21. The van der Waals surface area contributed by atoms with Crippen molar-refractivity contribution in [1.29, 1.82) is 0 Å². The Kier molecular flexibility index (Phi) is 4.76. The molecule has 1 aromatic carbocycles. The number of nitrogens with zero attached hydrogens (tertiary/aromatic N) is 2. The normalized spacial score (nSPS) is 20.0. The van der Waals surface area contributed by atoms with Crippen LogP contribution in [0.3, 0.4) is 0 Å². The van der Waals surface area contributed by atoms with Crippen LogP contribution in [0.2, 0.25) is 0 Å². The van der Waals surface area contributed by atoms with Crippen molar-refractivity contribution in [2.45, 2.75) is 44.2 Å². The number of carbonyl (C=O) groups is 1. The lowest BCUT2D eigenvalue weighted by molar-refractivity contribution is -0.122. The Morgan fingerprint density at radius 1 is 1.39 bits per heavy atom. The largest absolute Gasteiger partial charge is 0.383 e. The first kappa shape index (κ1) is 15.7. The van der Waals surface area contributed by atoms with E-state index in [9.17, 15) is 9.90 Å². The standard InChI is InChI=1S/C18H23N3O2/c22-17(8-4-11-21-12-10-19-14-21)20-13-18(23)9-3-6-15-5-1-2-7-16(15)18/h1-2,5,7,10,12,14,23H,3-4,6,8-9,11,13H2,(H,20,22). The third-order valence-electron chi connectivity index (χ3n) is 4.51. The summed E-state index contributed by atoms with van der Waals surface area (Å²) >= 11 is 0. The van der Waals surface area contributed by atoms with Gasteiger partial charge in [-0.05, 0) is 36.8 Å². The molecule has 0 radical (unpaired) electrons. The number of aromatic nitrogens is 2. The molecule has 1 amide bonds. The van der Waals surface area contributed by atoms with Gasteiger partial charge in [0.15, 0.2) is 0 Å². The molecule has 23 heavy (non-hydrogen) atoms. The van der Waals surface area contributed by atoms with E-state index < -0.39 is 5.60 Å². The van der Waals surface area contributed by atoms with Gasteiger partial charge in [-0.2, -0.15) is 0 Å². The van der Waals surface area contributed by atoms with Gasteiger partial charge < -0.3 is 15.0 Å². The van der Waals surface area contributed by atoms with Gasteiger partial charge in [0.2, 0.25) is 5.91 Å². The van der Waals surface area contributed by atoms with Crippen LogP contribution in [0.4, 0.5) is 0 Å². The lowest BCUT2D eigenvalue weighted by atomic mass is 9.79. The Bertz CT molecular complexity index is 654. The molecule has 5 heteroatoms. The van der Waals surface area contributed by atoms with Crippen molar-refractivity contribution in [3.8, 4) is 0 Å². The number of carbonyl (C=O) groups excluding carboxylic acids is 1. The average molecular weight is 313 g/mol. The summed E-state index contributed by atoms with van der Waals surface area (Å²) in [7, 11) is 0. The Hall–Kier alpha value is -2.14. The lowest BCUT2D eigenvalue weighted by Gasteiger charge is -2.34. The Balaban J connectivity index is 1.50. The third-order valence-corrected chi connectivity index (χ3v) is 4.51. The topological polar surface area (TPSA) is 67.2 Å². The van der Waals surface area contributed by atoms with Gasteiger partial charge in [0.25, 0.3) is 0 Å². The van der Waals surface area contributed by atoms with Crippen molar-refractivity contribution in [3.05, 3.63) is 54.1 Å². The van der Waals surface area contributed by atoms with Gasteiger partial charge in [-0.3, -0.25) is 4.79 Å². The Morgan fingerprint density at radius 2 is 2.26 bits per heavy atom. The predicted octanol–water partition coefficient (Wildman–Crippen LogP) is 2.00. The molecule has 2 N–H and O–H groups in total. The van der Waals surface area contributed by atoms with E-state index in [0.717, 1.165) is 31.4 Å². The molecule has 1 aliphatic carbocycles. The van der Waals surface area contributed by atoms with Crippen LogP contribution in [0.5, 0.6) is 0 Å². The molecule has 122 valence electrons. The zero-order chi connectivity index (χ0) is 16.1. The molecule has 0 aliphatic heterocycles. The predicted molar refractivity (Wildman–Crippen MR) is 87.7 cm³/mol. The summed E-state index contributed by atoms with van der Waals surface area (Å²) in [5.41, 5.74) is 1.22. The quantitative estimate of drug-likeness (QED) is 0.857. The van der Waals surface area contributed by atoms with Crippen molar-refractivity contribution in [2.24, 2.45) is 0 Å². The van der Waals surface area contributed by atoms with Gasteiger partial charge in [-0.15, -0.1) is 0 Å². The van der Waals surface area contributed by atoms with Crippen LogP contribution in [0.1, 0.15) is 36.8 Å². The van der Waals surface area contributed by atoms with Crippen molar-refractivity contribution in [1.82, 2.24) is 14.9 Å². The molecule has 1 aromatic heterocycles. The molecule has 0 spiro atoms. The maximum atomic E-state index is 12.0. The molecule has 0 fully saturated rings. The maximum Gasteiger partial charge on any atom is 0.220 e. The van der Waals surface area contributed by atoms with Crippen LogP contribution in [-0.4, -0.2) is 27.1 Å². The fourth-order valence-corrected chi connectivity index (χ4v) is 3.26. The molecule has 0 bridgehead atoms. The first-order chi connectivity index (χ1) is 11.2. The van der Waals surface area contributed by atoms with Gasteiger partial charge in [0, 0.05) is 25.4 Å². The van der Waals surface area contributed by atoms with Crippen LogP contribution in [0.25, 0.3) is 0 Å². The van der Waals surface area contributed by atoms with Gasteiger partial charge in [-0.1, -0.05) is 24.3 Å². The molecule has 1 atom stereocenters. The Morgan fingerprint density at radius 3 is 3.09 bits per heavy atom. The van der Waals surface area contributed by atoms with Gasteiger partial charge in [0.1, 0.15) is 5.60 Å². The number of fused-ring (bicyclic) bond motifs is 1. The van der Waals surface area contributed by atoms with E-state index in [1.165, 1.54) is 5.56 Å². The number of hydrogen-bond acceptors (Lipinski definition) is 3. The molecule has 0 saturated carbocycles. The summed E-state index contributed by atoms with van der Waals surface area (Å²) in [5, 5.41) is 13.8. The van der Waals surface area contributed by atoms with Gasteiger partial charge >= 0.3 is 0 Å². The maximum absolute atomic E-state index is 12.0. The summed E-state index contributed by atoms with van der Waals surface area (Å²) < 4.78 is 1.96. The minimum atomic E-state index is -0.936. The van der Waals surface area contributed by atoms with E-state index in [2.05, 4.69) is 16.4 Å². The summed E-state index contributed by atoms with van der Waals surface area (Å²) in [6.07, 6.45) is 9.23. The molecule has 1 heterocycles. The SMILES string of the molecule is O=C(CCCn1ccnc1)NCC1(O)CCCc2ccccc21. The first-order valence-electron chi connectivity index (χ1n) is 8.21. The van der Waals surface area contributed by atoms with Crippen molar-refractivity contribution < 1.29 is 9.90 Å². The average Bonchev–Trinajstić information content (AvgIpc) is 3.07. The molecule has 2 aromatic rings. The number of amides is 1. The number of imidazole rings is 1. The molecule has 5 nitrogen and oxygen atoms in total. The zero-order valence-corrected chi connectivity index (χ0v) is 13.2. The molecule has 1 unspecified atom stereocenters. The highest BCUT2D eigenvalue weighted by atomic mass is 16.3. The second-order valence-electron chi connectivity index (χ2n) is 6.22. The molecule has 3 rings (SSSR count). The monoisotopic (exact) mass is 313 g/mol. The second kappa shape index (κ2) is 6.96. The van der Waals surface area contributed by atoms with E-state index in [-0.39, 0.29) is 12.5 Å². The van der Waals surface area contributed by atoms with E-state index in [1.54, 1.807) is 12.5 Å². The highest BCUT2D eigenvalue weighted by molar-refractivity contribution is 5.75. The van der Waals surface area contributed by atoms with Crippen LogP contribution in [0.15, 0.2) is 43.0 Å². The number of aryl methyl sites for hydroxylation is 2. The van der Waals surface area contributed by atoms with Crippen molar-refractivity contribution >= 4 is 5.91 Å². The van der Waals surface area contributed by atoms with E-state index >= 15 is 0 Å². The third kappa shape index (κ3) is 3.79. The molecule has 0 saturated heterocycles. The van der Waals surface area contributed by atoms with Crippen molar-refractivity contribution in [2.75, 3.05) is 6.54 Å². The van der Waals surface area contributed by atoms with Crippen LogP contribution >= 0.6 is 0 Å². The summed E-state index contributed by atoms with van der Waals surface area (Å²) in [4.78, 5) is 16.0. The van der Waals surface area contributed by atoms with Crippen molar-refractivity contribution in [3.63, 3.8) is 0 Å². The zero-order valence-electron chi connectivity index (χ0n) is 13.2. The summed E-state index contributed by atoms with van der Waals surface area (Å²) in [6.45, 7) is 1.06. The van der Waals surface area contributed by atoms with E-state index in [0.29, 0.717) is 12.8 Å². The molecule has 1 aliphatic rings. The van der Waals surface area contributed by atoms with Gasteiger partial charge in [-0.25, -0.2) is 4.98 Å². The lowest BCUT2D eigenvalue weighted by Crippen LogP contribution is -2.43. The van der Waals surface area contributed by atoms with Crippen LogP contribution < -0.4 is 5.32 Å². The highest BCUT2D eigenvalue weighted by Crippen LogP contribution is 2.34. The van der Waals surface area contributed by atoms with Crippen LogP contribution in [0, 0.1) is 0 Å². The molecular weight excluding hydrogens is 290 g/mol.